The molecule has 2 aromatic carbocycles. The molecular weight excluding hydrogens is 549 g/mol. The molecule has 2 fully saturated rings. The minimum Gasteiger partial charge on any atom is -0.481 e. The van der Waals surface area contributed by atoms with E-state index >= 15 is 0 Å². The van der Waals surface area contributed by atoms with Gasteiger partial charge in [-0.3, -0.25) is 9.59 Å². The fourth-order valence-corrected chi connectivity index (χ4v) is 6.74. The Morgan fingerprint density at radius 1 is 1.11 bits per heavy atom. The fourth-order valence-electron chi connectivity index (χ4n) is 5.03. The molecular formula is C28H33Cl2NO6S. The van der Waals surface area contributed by atoms with Gasteiger partial charge in [-0.05, 0) is 81.8 Å². The van der Waals surface area contributed by atoms with Crippen molar-refractivity contribution in [3.05, 3.63) is 69.7 Å². The smallest absolute Gasteiger partial charge is 0.306 e. The number of hydrogen-bond acceptors (Lipinski definition) is 5. The average Bonchev–Trinajstić information content (AvgIpc) is 3.64. The summed E-state index contributed by atoms with van der Waals surface area (Å²) in [5.74, 6) is -2.00. The van der Waals surface area contributed by atoms with Gasteiger partial charge in [-0.25, -0.2) is 8.42 Å². The predicted octanol–water partition coefficient (Wildman–Crippen LogP) is 5.86. The number of morpholine rings is 1. The second-order valence-electron chi connectivity index (χ2n) is 11.4. The first-order valence-electron chi connectivity index (χ1n) is 12.6. The molecule has 4 atom stereocenters. The molecule has 1 saturated heterocycles. The lowest BCUT2D eigenvalue weighted by molar-refractivity contribution is -0.206. The van der Waals surface area contributed by atoms with Crippen LogP contribution in [0.3, 0.4) is 0 Å². The molecule has 1 heterocycles. The Morgan fingerprint density at radius 3 is 2.26 bits per heavy atom. The predicted molar refractivity (Wildman–Crippen MR) is 147 cm³/mol. The topological polar surface area (TPSA) is 101 Å². The first-order chi connectivity index (χ1) is 17.6. The van der Waals surface area contributed by atoms with Gasteiger partial charge in [0.1, 0.15) is 6.10 Å². The molecule has 0 bridgehead atoms. The van der Waals surface area contributed by atoms with Gasteiger partial charge in [-0.1, -0.05) is 47.5 Å². The van der Waals surface area contributed by atoms with Crippen LogP contribution in [0, 0.1) is 5.92 Å². The highest BCUT2D eigenvalue weighted by molar-refractivity contribution is 7.92. The van der Waals surface area contributed by atoms with Crippen molar-refractivity contribution in [1.29, 1.82) is 0 Å². The van der Waals surface area contributed by atoms with Gasteiger partial charge in [0.05, 0.1) is 23.0 Å². The summed E-state index contributed by atoms with van der Waals surface area (Å²) in [7, 11) is -3.63. The van der Waals surface area contributed by atoms with Crippen molar-refractivity contribution in [1.82, 2.24) is 4.90 Å². The van der Waals surface area contributed by atoms with E-state index < -0.39 is 56.7 Å². The Bertz CT molecular complexity index is 1320. The molecule has 4 rings (SSSR count). The zero-order valence-corrected chi connectivity index (χ0v) is 24.2. The fraction of sp³-hybridized carbons (Fsp3) is 0.500. The molecule has 2 aliphatic rings. The summed E-state index contributed by atoms with van der Waals surface area (Å²) in [6, 6.07) is 12.6. The van der Waals surface area contributed by atoms with E-state index in [0.717, 1.165) is 12.8 Å². The van der Waals surface area contributed by atoms with Crippen molar-refractivity contribution >= 4 is 44.9 Å². The molecule has 0 aromatic heterocycles. The van der Waals surface area contributed by atoms with Crippen LogP contribution in [0.15, 0.2) is 48.5 Å². The van der Waals surface area contributed by atoms with Gasteiger partial charge >= 0.3 is 5.97 Å². The molecule has 1 aliphatic heterocycles. The highest BCUT2D eigenvalue weighted by Crippen LogP contribution is 2.51. The van der Waals surface area contributed by atoms with Crippen molar-refractivity contribution in [3.63, 3.8) is 0 Å². The maximum Gasteiger partial charge on any atom is 0.306 e. The lowest BCUT2D eigenvalue weighted by Gasteiger charge is -2.52. The summed E-state index contributed by atoms with van der Waals surface area (Å²) in [5, 5.41) is 10.7. The third kappa shape index (κ3) is 5.88. The lowest BCUT2D eigenvalue weighted by Crippen LogP contribution is -2.62. The highest BCUT2D eigenvalue weighted by atomic mass is 35.5. The summed E-state index contributed by atoms with van der Waals surface area (Å²) in [4.78, 5) is 27.8. The largest absolute Gasteiger partial charge is 0.481 e. The molecule has 0 radical (unpaired) electrons. The molecule has 0 spiro atoms. The van der Waals surface area contributed by atoms with E-state index in [1.165, 1.54) is 6.92 Å². The van der Waals surface area contributed by atoms with E-state index in [1.54, 1.807) is 68.1 Å². The maximum atomic E-state index is 14.3. The molecule has 206 valence electrons. The second-order valence-corrected chi connectivity index (χ2v) is 15.1. The number of rotatable bonds is 8. The van der Waals surface area contributed by atoms with Crippen molar-refractivity contribution in [3.8, 4) is 0 Å². The monoisotopic (exact) mass is 581 g/mol. The average molecular weight is 583 g/mol. The number of carboxylic acids is 1. The Hall–Kier alpha value is -2.13. The number of ether oxygens (including phenoxy) is 1. The van der Waals surface area contributed by atoms with Gasteiger partial charge in [-0.2, -0.15) is 0 Å². The molecule has 7 nitrogen and oxygen atoms in total. The van der Waals surface area contributed by atoms with Crippen LogP contribution in [0.4, 0.5) is 0 Å². The number of carbonyl (C=O) groups excluding carboxylic acids is 1. The van der Waals surface area contributed by atoms with Gasteiger partial charge in [0.2, 0.25) is 0 Å². The molecule has 2 aromatic rings. The molecule has 1 saturated carbocycles. The van der Waals surface area contributed by atoms with E-state index in [4.69, 9.17) is 27.9 Å². The number of sulfone groups is 1. The van der Waals surface area contributed by atoms with E-state index in [9.17, 15) is 23.1 Å². The number of carboxylic acid groups (broad SMARTS) is 1. The molecule has 1 amide bonds. The standard InChI is InChI=1S/C28H33Cl2NO6S/c1-27(2,3)38(35,36)16-22(17-8-9-17)31-24(18-10-12-20(29)13-11-18)25(19-6-5-7-21(30)14-19)37-28(4,26(31)34)15-23(32)33/h5-7,10-14,17,22,24-25H,8-9,15-16H2,1-4H3,(H,32,33)/t22-,24-,25-,28+/m1/s1. The summed E-state index contributed by atoms with van der Waals surface area (Å²) >= 11 is 12.5. The minimum atomic E-state index is -3.63. The Kier molecular flexibility index (Phi) is 7.94. The third-order valence-electron chi connectivity index (χ3n) is 7.38. The van der Waals surface area contributed by atoms with E-state index in [-0.39, 0.29) is 11.7 Å². The van der Waals surface area contributed by atoms with Crippen LogP contribution in [-0.2, 0) is 24.2 Å². The zero-order chi connectivity index (χ0) is 28.0. The quantitative estimate of drug-likeness (QED) is 0.419. The van der Waals surface area contributed by atoms with Crippen molar-refractivity contribution < 1.29 is 27.9 Å². The van der Waals surface area contributed by atoms with Crippen molar-refractivity contribution in [2.24, 2.45) is 5.92 Å². The van der Waals surface area contributed by atoms with E-state index in [1.807, 2.05) is 6.07 Å². The van der Waals surface area contributed by atoms with Crippen LogP contribution in [0.5, 0.6) is 0 Å². The number of benzene rings is 2. The van der Waals surface area contributed by atoms with E-state index in [2.05, 4.69) is 0 Å². The van der Waals surface area contributed by atoms with Crippen LogP contribution < -0.4 is 0 Å². The number of halogens is 2. The van der Waals surface area contributed by atoms with E-state index in [0.29, 0.717) is 21.2 Å². The van der Waals surface area contributed by atoms with Gasteiger partial charge in [0.25, 0.3) is 5.91 Å². The maximum absolute atomic E-state index is 14.3. The minimum absolute atomic E-state index is 0.0296. The van der Waals surface area contributed by atoms with Crippen LogP contribution in [0.2, 0.25) is 10.0 Å². The van der Waals surface area contributed by atoms with Crippen LogP contribution in [0.25, 0.3) is 0 Å². The normalized spacial score (nSPS) is 25.3. The Balaban J connectivity index is 1.94. The molecule has 1 N–H and O–H groups in total. The van der Waals surface area contributed by atoms with Crippen molar-refractivity contribution in [2.45, 2.75) is 75.5 Å². The van der Waals surface area contributed by atoms with Crippen LogP contribution >= 0.6 is 23.2 Å². The summed E-state index contributed by atoms with van der Waals surface area (Å²) in [6.07, 6.45) is 0.172. The zero-order valence-electron chi connectivity index (χ0n) is 21.9. The number of amides is 1. The summed E-state index contributed by atoms with van der Waals surface area (Å²) < 4.78 is 32.3. The Labute approximate surface area is 234 Å². The van der Waals surface area contributed by atoms with Crippen LogP contribution in [0.1, 0.15) is 70.2 Å². The van der Waals surface area contributed by atoms with Gasteiger partial charge in [-0.15, -0.1) is 0 Å². The van der Waals surface area contributed by atoms with Crippen LogP contribution in [-0.4, -0.2) is 52.4 Å². The third-order valence-corrected chi connectivity index (χ3v) is 10.5. The second kappa shape index (κ2) is 10.5. The number of carbonyl (C=O) groups is 2. The molecule has 38 heavy (non-hydrogen) atoms. The van der Waals surface area contributed by atoms with Crippen molar-refractivity contribution in [2.75, 3.05) is 5.75 Å². The SMILES string of the molecule is CC(C)(C)S(=O)(=O)C[C@H](C1CC1)N1C(=O)[C@](C)(CC(=O)O)O[C@H](c2cccc(Cl)c2)[C@H]1c1ccc(Cl)cc1. The highest BCUT2D eigenvalue weighted by Gasteiger charge is 2.56. The first kappa shape index (κ1) is 28.9. The molecule has 0 unspecified atom stereocenters. The first-order valence-corrected chi connectivity index (χ1v) is 15.0. The molecule has 10 heteroatoms. The Morgan fingerprint density at radius 2 is 1.74 bits per heavy atom. The number of hydrogen-bond donors (Lipinski definition) is 1. The lowest BCUT2D eigenvalue weighted by atomic mass is 9.85. The number of nitrogens with zero attached hydrogens (tertiary/aromatic N) is 1. The van der Waals surface area contributed by atoms with Gasteiger partial charge in [0.15, 0.2) is 15.4 Å². The molecule has 1 aliphatic carbocycles. The number of aliphatic carboxylic acids is 1. The van der Waals surface area contributed by atoms with Gasteiger partial charge in [0, 0.05) is 16.1 Å². The van der Waals surface area contributed by atoms with Gasteiger partial charge < -0.3 is 14.7 Å². The summed E-state index contributed by atoms with van der Waals surface area (Å²) in [6.45, 7) is 6.41. The summed E-state index contributed by atoms with van der Waals surface area (Å²) in [5.41, 5.74) is -0.371.